The number of amides is 1. The number of sulfonamides is 1. The normalized spacial score (nSPS) is 15.2. The first-order valence-corrected chi connectivity index (χ1v) is 13.2. The van der Waals surface area contributed by atoms with E-state index >= 15 is 4.39 Å². The highest BCUT2D eigenvalue weighted by molar-refractivity contribution is 7.93. The molecule has 2 heterocycles. The van der Waals surface area contributed by atoms with Crippen LogP contribution in [0.25, 0.3) is 0 Å². The van der Waals surface area contributed by atoms with Gasteiger partial charge in [-0.05, 0) is 43.6 Å². The molecular weight excluding hydrogens is 503 g/mol. The van der Waals surface area contributed by atoms with Crippen LogP contribution in [-0.4, -0.2) is 49.1 Å². The highest BCUT2D eigenvalue weighted by Gasteiger charge is 2.35. The fourth-order valence-electron chi connectivity index (χ4n) is 3.90. The molecule has 2 N–H and O–H groups in total. The summed E-state index contributed by atoms with van der Waals surface area (Å²) < 4.78 is 41.2. The zero-order valence-electron chi connectivity index (χ0n) is 17.9. The number of thiazole rings is 1. The molecule has 4 rings (SSSR count). The van der Waals surface area contributed by atoms with E-state index in [1.54, 1.807) is 0 Å². The number of rotatable bonds is 8. The van der Waals surface area contributed by atoms with Crippen molar-refractivity contribution in [3.05, 3.63) is 69.8 Å². The monoisotopic (exact) mass is 524 g/mol. The minimum Gasteiger partial charge on any atom is -0.464 e. The molecule has 34 heavy (non-hydrogen) atoms. The number of carbonyl (C=O) groups is 1. The summed E-state index contributed by atoms with van der Waals surface area (Å²) >= 11 is 7.39. The van der Waals surface area contributed by atoms with E-state index in [1.807, 2.05) is 30.3 Å². The van der Waals surface area contributed by atoms with E-state index in [0.717, 1.165) is 55.0 Å². The summed E-state index contributed by atoms with van der Waals surface area (Å²) in [4.78, 5) is 16.9. The van der Waals surface area contributed by atoms with Crippen molar-refractivity contribution in [1.29, 1.82) is 0 Å². The molecule has 1 aliphatic heterocycles. The van der Waals surface area contributed by atoms with Crippen molar-refractivity contribution < 1.29 is 22.7 Å². The van der Waals surface area contributed by atoms with Gasteiger partial charge < -0.3 is 15.3 Å². The summed E-state index contributed by atoms with van der Waals surface area (Å²) in [6.45, 7) is 2.59. The number of nitrogens with one attached hydrogen (secondary N) is 1. The summed E-state index contributed by atoms with van der Waals surface area (Å²) in [5.74, 6) is -1.47. The lowest BCUT2D eigenvalue weighted by Gasteiger charge is -2.26. The predicted octanol–water partition coefficient (Wildman–Crippen LogP) is 5.06. The average Bonchev–Trinajstić information content (AvgIpc) is 3.50. The smallest absolute Gasteiger partial charge is 0.427 e. The molecule has 3 aromatic rings. The molecule has 0 radical (unpaired) electrons. The van der Waals surface area contributed by atoms with Crippen LogP contribution in [0.4, 0.5) is 20.7 Å². The highest BCUT2D eigenvalue weighted by atomic mass is 35.5. The van der Waals surface area contributed by atoms with Gasteiger partial charge in [-0.25, -0.2) is 22.6 Å². The first-order valence-electron chi connectivity index (χ1n) is 10.5. The topological polar surface area (TPSA) is 103 Å². The summed E-state index contributed by atoms with van der Waals surface area (Å²) in [5.41, 5.74) is 2.46. The van der Waals surface area contributed by atoms with Crippen molar-refractivity contribution in [1.82, 2.24) is 9.88 Å². The van der Waals surface area contributed by atoms with Gasteiger partial charge in [0.2, 0.25) is 0 Å². The van der Waals surface area contributed by atoms with Gasteiger partial charge >= 0.3 is 6.09 Å². The molecular formula is C22H22ClFN4O4S2. The molecule has 1 atom stereocenters. The Labute approximate surface area is 205 Å². The van der Waals surface area contributed by atoms with E-state index in [0.29, 0.717) is 6.54 Å². The van der Waals surface area contributed by atoms with Gasteiger partial charge in [0.05, 0.1) is 22.3 Å². The summed E-state index contributed by atoms with van der Waals surface area (Å²) in [6, 6.07) is 11.3. The molecule has 0 aliphatic carbocycles. The first kappa shape index (κ1) is 24.4. The SMILES string of the molecule is O=C(O)N(c1cscn1)S(=O)(=O)c1cc(Cl)c(NC(CN2CCCC2)c2ccccc2)cc1F. The molecule has 180 valence electrons. The van der Waals surface area contributed by atoms with Crippen molar-refractivity contribution >= 4 is 50.6 Å². The second kappa shape index (κ2) is 10.3. The molecule has 1 saturated heterocycles. The molecule has 0 spiro atoms. The second-order valence-electron chi connectivity index (χ2n) is 7.78. The molecule has 1 aliphatic rings. The van der Waals surface area contributed by atoms with Gasteiger partial charge in [-0.3, -0.25) is 0 Å². The Morgan fingerprint density at radius 1 is 1.26 bits per heavy atom. The van der Waals surface area contributed by atoms with Crippen LogP contribution in [0.15, 0.2) is 58.3 Å². The number of benzene rings is 2. The van der Waals surface area contributed by atoms with Crippen LogP contribution in [0.5, 0.6) is 0 Å². The Hall–Kier alpha value is -2.73. The first-order chi connectivity index (χ1) is 16.3. The minimum absolute atomic E-state index is 0.0332. The van der Waals surface area contributed by atoms with Gasteiger partial charge in [0.25, 0.3) is 10.0 Å². The van der Waals surface area contributed by atoms with Crippen LogP contribution < -0.4 is 9.62 Å². The zero-order chi connectivity index (χ0) is 24.3. The third-order valence-corrected chi connectivity index (χ3v) is 8.09. The van der Waals surface area contributed by atoms with Gasteiger partial charge in [0.1, 0.15) is 10.7 Å². The Morgan fingerprint density at radius 3 is 2.59 bits per heavy atom. The van der Waals surface area contributed by atoms with Crippen molar-refractivity contribution in [3.8, 4) is 0 Å². The summed E-state index contributed by atoms with van der Waals surface area (Å²) in [5, 5.41) is 13.9. The molecule has 0 saturated carbocycles. The number of halogens is 2. The van der Waals surface area contributed by atoms with E-state index in [9.17, 15) is 18.3 Å². The van der Waals surface area contributed by atoms with Gasteiger partial charge in [-0.2, -0.15) is 0 Å². The molecule has 0 bridgehead atoms. The number of likely N-dealkylation sites (tertiary alicyclic amines) is 1. The average molecular weight is 525 g/mol. The molecule has 1 aromatic heterocycles. The summed E-state index contributed by atoms with van der Waals surface area (Å²) in [6.07, 6.45) is 0.420. The second-order valence-corrected chi connectivity index (χ2v) is 10.7. The Bertz CT molecular complexity index is 1250. The van der Waals surface area contributed by atoms with Crippen LogP contribution >= 0.6 is 22.9 Å². The van der Waals surface area contributed by atoms with Crippen LogP contribution in [-0.2, 0) is 10.0 Å². The van der Waals surface area contributed by atoms with Crippen LogP contribution in [0, 0.1) is 5.82 Å². The number of carboxylic acid groups (broad SMARTS) is 1. The van der Waals surface area contributed by atoms with Gasteiger partial charge in [-0.1, -0.05) is 41.9 Å². The molecule has 8 nitrogen and oxygen atoms in total. The Kier molecular flexibility index (Phi) is 7.36. The Morgan fingerprint density at radius 2 is 1.97 bits per heavy atom. The maximum Gasteiger partial charge on any atom is 0.427 e. The van der Waals surface area contributed by atoms with Gasteiger partial charge in [0, 0.05) is 11.9 Å². The Balaban J connectivity index is 1.66. The van der Waals surface area contributed by atoms with Crippen LogP contribution in [0.3, 0.4) is 0 Å². The van der Waals surface area contributed by atoms with Crippen LogP contribution in [0.1, 0.15) is 24.4 Å². The fraction of sp³-hybridized carbons (Fsp3) is 0.273. The largest absolute Gasteiger partial charge is 0.464 e. The fourth-order valence-corrected chi connectivity index (χ4v) is 6.08. The number of aromatic nitrogens is 1. The minimum atomic E-state index is -4.81. The van der Waals surface area contributed by atoms with Crippen molar-refractivity contribution in [2.24, 2.45) is 0 Å². The van der Waals surface area contributed by atoms with Gasteiger partial charge in [0.15, 0.2) is 5.82 Å². The van der Waals surface area contributed by atoms with E-state index in [1.165, 1.54) is 10.9 Å². The zero-order valence-corrected chi connectivity index (χ0v) is 20.3. The van der Waals surface area contributed by atoms with E-state index in [-0.39, 0.29) is 26.9 Å². The number of anilines is 2. The predicted molar refractivity (Wildman–Crippen MR) is 130 cm³/mol. The lowest BCUT2D eigenvalue weighted by molar-refractivity contribution is 0.206. The van der Waals surface area contributed by atoms with Crippen molar-refractivity contribution in [3.63, 3.8) is 0 Å². The summed E-state index contributed by atoms with van der Waals surface area (Å²) in [7, 11) is -4.81. The molecule has 12 heteroatoms. The van der Waals surface area contributed by atoms with Gasteiger partial charge in [-0.15, -0.1) is 15.6 Å². The number of hydrogen-bond donors (Lipinski definition) is 2. The maximum atomic E-state index is 15.1. The van der Waals surface area contributed by atoms with Crippen molar-refractivity contribution in [2.75, 3.05) is 29.3 Å². The lowest BCUT2D eigenvalue weighted by Crippen LogP contribution is -2.36. The molecule has 1 unspecified atom stereocenters. The standard InChI is InChI=1S/C22H22ClFN4O4S2/c23-16-10-20(34(31,32)28(22(29)30)21-13-33-14-25-21)17(24)11-18(16)26-19(12-27-8-4-5-9-27)15-6-2-1-3-7-15/h1-3,6-7,10-11,13-14,19,26H,4-5,8-9,12H2,(H,29,30). The van der Waals surface area contributed by atoms with E-state index < -0.39 is 26.8 Å². The number of hydrogen-bond acceptors (Lipinski definition) is 7. The van der Waals surface area contributed by atoms with E-state index in [2.05, 4.69) is 15.2 Å². The quantitative estimate of drug-likeness (QED) is 0.424. The third kappa shape index (κ3) is 5.17. The lowest BCUT2D eigenvalue weighted by atomic mass is 10.1. The molecule has 1 fully saturated rings. The molecule has 2 aromatic carbocycles. The number of nitrogens with zero attached hydrogens (tertiary/aromatic N) is 3. The van der Waals surface area contributed by atoms with Crippen molar-refractivity contribution in [2.45, 2.75) is 23.8 Å². The van der Waals surface area contributed by atoms with E-state index in [4.69, 9.17) is 11.6 Å². The van der Waals surface area contributed by atoms with Crippen LogP contribution in [0.2, 0.25) is 5.02 Å². The molecule has 1 amide bonds. The third-order valence-electron chi connectivity index (χ3n) is 5.51. The highest BCUT2D eigenvalue weighted by Crippen LogP contribution is 2.34. The maximum absolute atomic E-state index is 15.1.